The van der Waals surface area contributed by atoms with Gasteiger partial charge in [0.15, 0.2) is 6.10 Å². The van der Waals surface area contributed by atoms with Crippen LogP contribution in [0, 0.1) is 11.8 Å². The molecule has 6 heteroatoms. The van der Waals surface area contributed by atoms with Crippen molar-refractivity contribution in [3.8, 4) is 0 Å². The zero-order chi connectivity index (χ0) is 41.2. The minimum absolute atomic E-state index is 0.0649. The van der Waals surface area contributed by atoms with Crippen LogP contribution in [-0.2, 0) is 28.6 Å². The Labute approximate surface area is 348 Å². The summed E-state index contributed by atoms with van der Waals surface area (Å²) < 4.78 is 16.7. The Morgan fingerprint density at radius 3 is 0.875 bits per heavy atom. The summed E-state index contributed by atoms with van der Waals surface area (Å²) in [6.45, 7) is 11.3. The Kier molecular flexibility index (Phi) is 41.8. The first kappa shape index (κ1) is 54.4. The van der Waals surface area contributed by atoms with Gasteiger partial charge in [-0.25, -0.2) is 0 Å². The lowest BCUT2D eigenvalue weighted by Gasteiger charge is -2.18. The third-order valence-corrected chi connectivity index (χ3v) is 11.2. The minimum Gasteiger partial charge on any atom is -0.462 e. The van der Waals surface area contributed by atoms with E-state index in [2.05, 4.69) is 34.6 Å². The first-order valence-corrected chi connectivity index (χ1v) is 24.7. The highest BCUT2D eigenvalue weighted by molar-refractivity contribution is 5.71. The highest BCUT2D eigenvalue weighted by atomic mass is 16.6. The third-order valence-electron chi connectivity index (χ3n) is 11.2. The Morgan fingerprint density at radius 2 is 0.589 bits per heavy atom. The molecule has 332 valence electrons. The molecule has 0 saturated heterocycles. The number of hydrogen-bond acceptors (Lipinski definition) is 6. The van der Waals surface area contributed by atoms with Gasteiger partial charge in [0.05, 0.1) is 0 Å². The molecule has 0 rings (SSSR count). The summed E-state index contributed by atoms with van der Waals surface area (Å²) in [6.07, 6.45) is 42.6. The van der Waals surface area contributed by atoms with Gasteiger partial charge in [-0.15, -0.1) is 0 Å². The zero-order valence-corrected chi connectivity index (χ0v) is 38.3. The van der Waals surface area contributed by atoms with Gasteiger partial charge in [0.1, 0.15) is 13.2 Å². The monoisotopic (exact) mass is 793 g/mol. The van der Waals surface area contributed by atoms with Crippen molar-refractivity contribution in [3.63, 3.8) is 0 Å². The van der Waals surface area contributed by atoms with Crippen molar-refractivity contribution in [1.82, 2.24) is 0 Å². The summed E-state index contributed by atoms with van der Waals surface area (Å²) in [7, 11) is 0. The third kappa shape index (κ3) is 43.5. The maximum Gasteiger partial charge on any atom is 0.306 e. The molecule has 0 aromatic heterocycles. The van der Waals surface area contributed by atoms with Gasteiger partial charge in [0, 0.05) is 19.3 Å². The number of rotatable bonds is 44. The summed E-state index contributed by atoms with van der Waals surface area (Å²) in [5, 5.41) is 0. The maximum atomic E-state index is 12.7. The fourth-order valence-corrected chi connectivity index (χ4v) is 7.46. The van der Waals surface area contributed by atoms with E-state index in [1.54, 1.807) is 0 Å². The van der Waals surface area contributed by atoms with Crippen LogP contribution in [0.1, 0.15) is 272 Å². The molecule has 6 nitrogen and oxygen atoms in total. The van der Waals surface area contributed by atoms with Crippen molar-refractivity contribution in [2.75, 3.05) is 13.2 Å². The Balaban J connectivity index is 4.12. The second kappa shape index (κ2) is 43.0. The summed E-state index contributed by atoms with van der Waals surface area (Å²) in [5.74, 6) is 0.816. The van der Waals surface area contributed by atoms with Crippen molar-refractivity contribution < 1.29 is 28.6 Å². The fraction of sp³-hybridized carbons (Fsp3) is 0.940. The predicted molar refractivity (Wildman–Crippen MR) is 238 cm³/mol. The molecule has 0 fully saturated rings. The van der Waals surface area contributed by atoms with E-state index >= 15 is 0 Å². The van der Waals surface area contributed by atoms with Gasteiger partial charge in [-0.2, -0.15) is 0 Å². The molecular formula is C50H96O6. The lowest BCUT2D eigenvalue weighted by atomic mass is 10.0. The molecule has 0 saturated carbocycles. The second-order valence-corrected chi connectivity index (χ2v) is 18.1. The lowest BCUT2D eigenvalue weighted by molar-refractivity contribution is -0.167. The van der Waals surface area contributed by atoms with Crippen LogP contribution in [0.5, 0.6) is 0 Å². The van der Waals surface area contributed by atoms with Crippen LogP contribution in [0.15, 0.2) is 0 Å². The Bertz CT molecular complexity index is 854. The van der Waals surface area contributed by atoms with Crippen LogP contribution in [0.3, 0.4) is 0 Å². The van der Waals surface area contributed by atoms with Crippen molar-refractivity contribution >= 4 is 17.9 Å². The Hall–Kier alpha value is -1.59. The first-order valence-electron chi connectivity index (χ1n) is 24.7. The summed E-state index contributed by atoms with van der Waals surface area (Å²) >= 11 is 0. The number of carbonyl (C=O) groups is 3. The van der Waals surface area contributed by atoms with Gasteiger partial charge in [-0.05, 0) is 31.1 Å². The average molecular weight is 793 g/mol. The summed E-state index contributed by atoms with van der Waals surface area (Å²) in [6, 6.07) is 0. The van der Waals surface area contributed by atoms with Gasteiger partial charge in [0.25, 0.3) is 0 Å². The van der Waals surface area contributed by atoms with Gasteiger partial charge < -0.3 is 14.2 Å². The van der Waals surface area contributed by atoms with Crippen LogP contribution in [0.2, 0.25) is 0 Å². The normalized spacial score (nSPS) is 12.1. The van der Waals surface area contributed by atoms with Crippen molar-refractivity contribution in [2.45, 2.75) is 278 Å². The molecule has 0 aliphatic carbocycles. The number of hydrogen-bond donors (Lipinski definition) is 0. The van der Waals surface area contributed by atoms with E-state index in [0.717, 1.165) is 76.0 Å². The van der Waals surface area contributed by atoms with Crippen LogP contribution in [0.4, 0.5) is 0 Å². The molecular weight excluding hydrogens is 697 g/mol. The standard InChI is InChI=1S/C50H96O6/c1-6-7-8-28-35-40-48(51)54-43-47(56-50(53)42-37-32-27-23-19-15-14-17-21-25-30-34-39-46(4)5)44-55-49(52)41-36-31-26-22-18-13-11-9-10-12-16-20-24-29-33-38-45(2)3/h45-47H,6-44H2,1-5H3/t47-/m1/s1. The first-order chi connectivity index (χ1) is 27.2. The maximum absolute atomic E-state index is 12.7. The molecule has 1 atom stereocenters. The lowest BCUT2D eigenvalue weighted by Crippen LogP contribution is -2.30. The quantitative estimate of drug-likeness (QED) is 0.0347. The number of carbonyl (C=O) groups excluding carboxylic acids is 3. The largest absolute Gasteiger partial charge is 0.462 e. The van der Waals surface area contributed by atoms with E-state index in [1.165, 1.54) is 154 Å². The molecule has 0 aromatic carbocycles. The molecule has 0 aliphatic rings. The van der Waals surface area contributed by atoms with Crippen molar-refractivity contribution in [3.05, 3.63) is 0 Å². The fourth-order valence-electron chi connectivity index (χ4n) is 7.46. The smallest absolute Gasteiger partial charge is 0.306 e. The highest BCUT2D eigenvalue weighted by Crippen LogP contribution is 2.17. The molecule has 0 spiro atoms. The van der Waals surface area contributed by atoms with Crippen LogP contribution >= 0.6 is 0 Å². The molecule has 0 heterocycles. The minimum atomic E-state index is -0.759. The van der Waals surface area contributed by atoms with E-state index in [-0.39, 0.29) is 31.1 Å². The van der Waals surface area contributed by atoms with Gasteiger partial charge >= 0.3 is 17.9 Å². The van der Waals surface area contributed by atoms with Crippen LogP contribution in [0.25, 0.3) is 0 Å². The predicted octanol–water partition coefficient (Wildman–Crippen LogP) is 15.8. The molecule has 0 unspecified atom stereocenters. The van der Waals surface area contributed by atoms with E-state index in [0.29, 0.717) is 19.3 Å². The summed E-state index contributed by atoms with van der Waals surface area (Å²) in [4.78, 5) is 37.6. The molecule has 0 radical (unpaired) electrons. The molecule has 0 amide bonds. The Morgan fingerprint density at radius 1 is 0.339 bits per heavy atom. The highest BCUT2D eigenvalue weighted by Gasteiger charge is 2.19. The molecule has 0 aliphatic heterocycles. The van der Waals surface area contributed by atoms with E-state index in [4.69, 9.17) is 14.2 Å². The van der Waals surface area contributed by atoms with E-state index in [1.807, 2.05) is 0 Å². The van der Waals surface area contributed by atoms with Crippen LogP contribution < -0.4 is 0 Å². The van der Waals surface area contributed by atoms with Gasteiger partial charge in [0.2, 0.25) is 0 Å². The molecule has 0 N–H and O–H groups in total. The zero-order valence-electron chi connectivity index (χ0n) is 38.3. The molecule has 0 bridgehead atoms. The van der Waals surface area contributed by atoms with Crippen molar-refractivity contribution in [1.29, 1.82) is 0 Å². The molecule has 56 heavy (non-hydrogen) atoms. The number of unbranched alkanes of at least 4 members (excludes halogenated alkanes) is 29. The van der Waals surface area contributed by atoms with Gasteiger partial charge in [-0.1, -0.05) is 234 Å². The number of esters is 3. The van der Waals surface area contributed by atoms with Crippen LogP contribution in [-0.4, -0.2) is 37.2 Å². The second-order valence-electron chi connectivity index (χ2n) is 18.1. The van der Waals surface area contributed by atoms with Gasteiger partial charge in [-0.3, -0.25) is 14.4 Å². The average Bonchev–Trinajstić information content (AvgIpc) is 3.16. The topological polar surface area (TPSA) is 78.9 Å². The number of ether oxygens (including phenoxy) is 3. The SMILES string of the molecule is CCCCCCCC(=O)OC[C@H](COC(=O)CCCCCCCCCCCCCCCCCC(C)C)OC(=O)CCCCCCCCCCCCCCC(C)C. The van der Waals surface area contributed by atoms with E-state index in [9.17, 15) is 14.4 Å². The van der Waals surface area contributed by atoms with Crippen molar-refractivity contribution in [2.24, 2.45) is 11.8 Å². The van der Waals surface area contributed by atoms with E-state index < -0.39 is 6.10 Å². The summed E-state index contributed by atoms with van der Waals surface area (Å²) in [5.41, 5.74) is 0. The molecule has 0 aromatic rings.